The topological polar surface area (TPSA) is 97.1 Å². The van der Waals surface area contributed by atoms with Gasteiger partial charge in [0, 0.05) is 13.0 Å². The summed E-state index contributed by atoms with van der Waals surface area (Å²) < 4.78 is 1.50. The molecule has 0 aliphatic rings. The van der Waals surface area contributed by atoms with Gasteiger partial charge in [0.05, 0.1) is 0 Å². The molecule has 118 valence electrons. The van der Waals surface area contributed by atoms with Crippen molar-refractivity contribution in [3.63, 3.8) is 0 Å². The largest absolute Gasteiger partial charge is 0.481 e. The van der Waals surface area contributed by atoms with Gasteiger partial charge in [-0.3, -0.25) is 9.59 Å². The Morgan fingerprint density at radius 3 is 2.52 bits per heavy atom. The minimum absolute atomic E-state index is 0.110. The number of amides is 1. The Morgan fingerprint density at radius 2 is 2.00 bits per heavy atom. The summed E-state index contributed by atoms with van der Waals surface area (Å²) in [4.78, 5) is 26.4. The van der Waals surface area contributed by atoms with Gasteiger partial charge in [-0.2, -0.15) is 5.10 Å². The van der Waals surface area contributed by atoms with Crippen LogP contribution in [0.5, 0.6) is 0 Å². The maximum absolute atomic E-state index is 12.0. The zero-order valence-electron chi connectivity index (χ0n) is 12.8. The molecular weight excluding hydrogens is 272 g/mol. The second kappa shape index (κ2) is 8.39. The van der Waals surface area contributed by atoms with Gasteiger partial charge >= 0.3 is 5.97 Å². The van der Waals surface area contributed by atoms with Crippen molar-refractivity contribution in [1.82, 2.24) is 20.1 Å². The number of aliphatic carboxylic acids is 1. The molecule has 0 aliphatic heterocycles. The molecule has 21 heavy (non-hydrogen) atoms. The van der Waals surface area contributed by atoms with Crippen molar-refractivity contribution in [2.75, 3.05) is 6.54 Å². The highest BCUT2D eigenvalue weighted by Gasteiger charge is 2.18. The van der Waals surface area contributed by atoms with Crippen LogP contribution in [0.2, 0.25) is 0 Å². The molecular formula is C14H24N4O3. The van der Waals surface area contributed by atoms with Crippen molar-refractivity contribution in [3.05, 3.63) is 12.7 Å². The molecule has 0 fully saturated rings. The Bertz CT molecular complexity index is 445. The van der Waals surface area contributed by atoms with E-state index in [4.69, 9.17) is 5.11 Å². The molecule has 0 radical (unpaired) electrons. The van der Waals surface area contributed by atoms with E-state index in [1.807, 2.05) is 0 Å². The molecule has 2 atom stereocenters. The standard InChI is InChI=1S/C14H24N4O3/c1-10(2)12(4-5-13(19)20)6-7-16-14(21)11(3)18-9-15-8-17-18/h8-12H,4-7H2,1-3H3,(H,16,21)(H,19,20). The number of hydrogen-bond donors (Lipinski definition) is 2. The highest BCUT2D eigenvalue weighted by atomic mass is 16.4. The summed E-state index contributed by atoms with van der Waals surface area (Å²) in [7, 11) is 0. The van der Waals surface area contributed by atoms with Crippen LogP contribution in [-0.4, -0.2) is 38.3 Å². The number of nitrogens with zero attached hydrogens (tertiary/aromatic N) is 3. The van der Waals surface area contributed by atoms with Gasteiger partial charge in [-0.15, -0.1) is 0 Å². The van der Waals surface area contributed by atoms with E-state index in [9.17, 15) is 9.59 Å². The number of carbonyl (C=O) groups is 2. The van der Waals surface area contributed by atoms with E-state index in [0.29, 0.717) is 24.8 Å². The molecule has 1 heterocycles. The number of carbonyl (C=O) groups excluding carboxylic acids is 1. The van der Waals surface area contributed by atoms with Crippen LogP contribution in [0.1, 0.15) is 46.1 Å². The Hall–Kier alpha value is -1.92. The third kappa shape index (κ3) is 5.93. The van der Waals surface area contributed by atoms with E-state index in [-0.39, 0.29) is 12.3 Å². The summed E-state index contributed by atoms with van der Waals surface area (Å²) >= 11 is 0. The highest BCUT2D eigenvalue weighted by molar-refractivity contribution is 5.79. The first kappa shape index (κ1) is 17.1. The molecule has 1 aromatic rings. The van der Waals surface area contributed by atoms with Crippen molar-refractivity contribution < 1.29 is 14.7 Å². The first-order valence-electron chi connectivity index (χ1n) is 7.25. The van der Waals surface area contributed by atoms with Crippen LogP contribution >= 0.6 is 0 Å². The van der Waals surface area contributed by atoms with Crippen molar-refractivity contribution in [1.29, 1.82) is 0 Å². The molecule has 0 bridgehead atoms. The second-order valence-electron chi connectivity index (χ2n) is 5.57. The molecule has 0 aromatic carbocycles. The highest BCUT2D eigenvalue weighted by Crippen LogP contribution is 2.20. The first-order valence-corrected chi connectivity index (χ1v) is 7.25. The summed E-state index contributed by atoms with van der Waals surface area (Å²) in [5.74, 6) is -0.192. The van der Waals surface area contributed by atoms with Crippen LogP contribution < -0.4 is 5.32 Å². The van der Waals surface area contributed by atoms with Crippen LogP contribution in [-0.2, 0) is 9.59 Å². The predicted molar refractivity (Wildman–Crippen MR) is 77.6 cm³/mol. The quantitative estimate of drug-likeness (QED) is 0.719. The molecule has 2 unspecified atom stereocenters. The van der Waals surface area contributed by atoms with Gasteiger partial charge in [-0.1, -0.05) is 13.8 Å². The maximum Gasteiger partial charge on any atom is 0.303 e. The second-order valence-corrected chi connectivity index (χ2v) is 5.57. The minimum atomic E-state index is -0.774. The van der Waals surface area contributed by atoms with Crippen molar-refractivity contribution in [2.24, 2.45) is 11.8 Å². The van der Waals surface area contributed by atoms with Crippen LogP contribution in [0.25, 0.3) is 0 Å². The number of hydrogen-bond acceptors (Lipinski definition) is 4. The average molecular weight is 296 g/mol. The van der Waals surface area contributed by atoms with Crippen molar-refractivity contribution >= 4 is 11.9 Å². The van der Waals surface area contributed by atoms with E-state index in [0.717, 1.165) is 6.42 Å². The van der Waals surface area contributed by atoms with E-state index in [1.165, 1.54) is 17.3 Å². The lowest BCUT2D eigenvalue weighted by Gasteiger charge is -2.20. The zero-order chi connectivity index (χ0) is 15.8. The Labute approximate surface area is 124 Å². The Balaban J connectivity index is 2.36. The van der Waals surface area contributed by atoms with Crippen molar-refractivity contribution in [2.45, 2.75) is 46.1 Å². The molecule has 1 amide bonds. The third-order valence-electron chi connectivity index (χ3n) is 3.70. The molecule has 7 nitrogen and oxygen atoms in total. The fourth-order valence-corrected chi connectivity index (χ4v) is 2.19. The zero-order valence-corrected chi connectivity index (χ0v) is 12.8. The molecule has 0 aliphatic carbocycles. The van der Waals surface area contributed by atoms with Crippen LogP contribution in [0, 0.1) is 11.8 Å². The fraction of sp³-hybridized carbons (Fsp3) is 0.714. The Kier molecular flexibility index (Phi) is 6.84. The number of aromatic nitrogens is 3. The smallest absolute Gasteiger partial charge is 0.303 e. The number of carboxylic acids is 1. The third-order valence-corrected chi connectivity index (χ3v) is 3.70. The summed E-state index contributed by atoms with van der Waals surface area (Å²) in [5, 5.41) is 15.6. The van der Waals surface area contributed by atoms with Gasteiger partial charge in [0.1, 0.15) is 18.7 Å². The van der Waals surface area contributed by atoms with Crippen LogP contribution in [0.15, 0.2) is 12.7 Å². The molecule has 0 spiro atoms. The summed E-state index contributed by atoms with van der Waals surface area (Å²) in [6.45, 7) is 6.45. The fourth-order valence-electron chi connectivity index (χ4n) is 2.19. The normalized spacial score (nSPS) is 13.9. The van der Waals surface area contributed by atoms with E-state index in [1.54, 1.807) is 6.92 Å². The lowest BCUT2D eigenvalue weighted by Crippen LogP contribution is -2.33. The van der Waals surface area contributed by atoms with Crippen LogP contribution in [0.4, 0.5) is 0 Å². The van der Waals surface area contributed by atoms with Crippen molar-refractivity contribution in [3.8, 4) is 0 Å². The van der Waals surface area contributed by atoms with Gasteiger partial charge in [-0.05, 0) is 31.6 Å². The molecule has 2 N–H and O–H groups in total. The lowest BCUT2D eigenvalue weighted by molar-refractivity contribution is -0.137. The molecule has 1 rings (SSSR count). The molecule has 0 saturated heterocycles. The van der Waals surface area contributed by atoms with E-state index in [2.05, 4.69) is 29.2 Å². The number of carboxylic acid groups (broad SMARTS) is 1. The van der Waals surface area contributed by atoms with E-state index >= 15 is 0 Å². The number of rotatable bonds is 9. The van der Waals surface area contributed by atoms with E-state index < -0.39 is 12.0 Å². The SMILES string of the molecule is CC(C)C(CCNC(=O)C(C)n1cncn1)CCC(=O)O. The Morgan fingerprint density at radius 1 is 1.29 bits per heavy atom. The van der Waals surface area contributed by atoms with Gasteiger partial charge in [0.2, 0.25) is 5.91 Å². The summed E-state index contributed by atoms with van der Waals surface area (Å²) in [6.07, 6.45) is 4.49. The van der Waals surface area contributed by atoms with Gasteiger partial charge in [0.15, 0.2) is 0 Å². The molecule has 0 saturated carbocycles. The van der Waals surface area contributed by atoms with Gasteiger partial charge in [0.25, 0.3) is 0 Å². The number of nitrogens with one attached hydrogen (secondary N) is 1. The predicted octanol–water partition coefficient (Wildman–Crippen LogP) is 1.48. The van der Waals surface area contributed by atoms with Crippen LogP contribution in [0.3, 0.4) is 0 Å². The average Bonchev–Trinajstić information content (AvgIpc) is 2.94. The van der Waals surface area contributed by atoms with Gasteiger partial charge in [-0.25, -0.2) is 9.67 Å². The molecule has 1 aromatic heterocycles. The first-order chi connectivity index (χ1) is 9.91. The summed E-state index contributed by atoms with van der Waals surface area (Å²) in [5.41, 5.74) is 0. The minimum Gasteiger partial charge on any atom is -0.481 e. The molecule has 7 heteroatoms. The lowest BCUT2D eigenvalue weighted by atomic mass is 9.88. The summed E-state index contributed by atoms with van der Waals surface area (Å²) in [6, 6.07) is -0.399. The monoisotopic (exact) mass is 296 g/mol. The van der Waals surface area contributed by atoms with Gasteiger partial charge < -0.3 is 10.4 Å². The maximum atomic E-state index is 12.0.